The standard InChI is InChI=1S/C23H28N2O3/c1-5-8-11-25-17(26)13-16(10-7-3)19-21(25)23(28)20-18(22(19)27)15(9-6-2)12-14(4)24-20/h12-13,27H,4-11H2,1-3H3. The topological polar surface area (TPSA) is 72.2 Å². The summed E-state index contributed by atoms with van der Waals surface area (Å²) in [6.45, 7) is 10.5. The van der Waals surface area contributed by atoms with Gasteiger partial charge in [0, 0.05) is 18.2 Å². The molecule has 0 unspecified atom stereocenters. The van der Waals surface area contributed by atoms with Gasteiger partial charge in [-0.3, -0.25) is 9.59 Å². The molecule has 0 amide bonds. The molecule has 1 aliphatic carbocycles. The molecule has 0 aliphatic heterocycles. The molecule has 28 heavy (non-hydrogen) atoms. The maximum Gasteiger partial charge on any atom is 0.251 e. The number of nitrogens with zero attached hydrogens (tertiary/aromatic N) is 2. The molecule has 3 rings (SSSR count). The third-order valence-corrected chi connectivity index (χ3v) is 5.22. The number of fused-ring (bicyclic) bond motifs is 2. The van der Waals surface area contributed by atoms with Gasteiger partial charge in [-0.05, 0) is 36.5 Å². The number of unbranched alkanes of at least 4 members (excludes halogenated alkanes) is 1. The van der Waals surface area contributed by atoms with Crippen molar-refractivity contribution in [2.75, 3.05) is 0 Å². The van der Waals surface area contributed by atoms with Crippen molar-refractivity contribution in [3.05, 3.63) is 61.1 Å². The van der Waals surface area contributed by atoms with Gasteiger partial charge in [-0.25, -0.2) is 4.98 Å². The van der Waals surface area contributed by atoms with Gasteiger partial charge >= 0.3 is 0 Å². The number of aryl methyl sites for hydroxylation is 2. The summed E-state index contributed by atoms with van der Waals surface area (Å²) in [6, 6.07) is 3.42. The zero-order valence-electron chi connectivity index (χ0n) is 17.0. The summed E-state index contributed by atoms with van der Waals surface area (Å²) in [5.74, 6) is -0.231. The summed E-state index contributed by atoms with van der Waals surface area (Å²) >= 11 is 0. The Morgan fingerprint density at radius 3 is 2.36 bits per heavy atom. The highest BCUT2D eigenvalue weighted by atomic mass is 16.3. The summed E-state index contributed by atoms with van der Waals surface area (Å²) < 4.78 is 1.51. The van der Waals surface area contributed by atoms with E-state index in [9.17, 15) is 14.7 Å². The van der Waals surface area contributed by atoms with Crippen molar-refractivity contribution < 1.29 is 9.90 Å². The number of ketones is 1. The van der Waals surface area contributed by atoms with Crippen LogP contribution in [-0.2, 0) is 19.4 Å². The summed E-state index contributed by atoms with van der Waals surface area (Å²) in [4.78, 5) is 30.6. The van der Waals surface area contributed by atoms with E-state index in [1.165, 1.54) is 4.57 Å². The van der Waals surface area contributed by atoms with Crippen LogP contribution in [0.4, 0.5) is 0 Å². The fourth-order valence-corrected chi connectivity index (χ4v) is 3.99. The molecule has 0 aromatic carbocycles. The van der Waals surface area contributed by atoms with Gasteiger partial charge in [-0.15, -0.1) is 0 Å². The Labute approximate surface area is 165 Å². The van der Waals surface area contributed by atoms with E-state index in [-0.39, 0.29) is 28.5 Å². The minimum Gasteiger partial charge on any atom is -0.507 e. The van der Waals surface area contributed by atoms with E-state index in [0.29, 0.717) is 29.1 Å². The van der Waals surface area contributed by atoms with E-state index in [4.69, 9.17) is 0 Å². The van der Waals surface area contributed by atoms with Crippen LogP contribution in [0, 0.1) is 0 Å². The minimum absolute atomic E-state index is 0.0641. The van der Waals surface area contributed by atoms with Crippen molar-refractivity contribution in [2.24, 2.45) is 0 Å². The van der Waals surface area contributed by atoms with Crippen molar-refractivity contribution in [2.45, 2.75) is 65.8 Å². The highest BCUT2D eigenvalue weighted by molar-refractivity contribution is 6.12. The lowest BCUT2D eigenvalue weighted by Gasteiger charge is -2.23. The second-order valence-electron chi connectivity index (χ2n) is 7.41. The van der Waals surface area contributed by atoms with E-state index in [1.807, 2.05) is 19.9 Å². The number of carbonyl (C=O) groups excluding carboxylic acids is 1. The molecule has 0 fully saturated rings. The van der Waals surface area contributed by atoms with Crippen LogP contribution in [0.3, 0.4) is 0 Å². The molecule has 5 nitrogen and oxygen atoms in total. The van der Waals surface area contributed by atoms with E-state index < -0.39 is 0 Å². The normalized spacial score (nSPS) is 12.8. The van der Waals surface area contributed by atoms with E-state index in [1.54, 1.807) is 6.07 Å². The smallest absolute Gasteiger partial charge is 0.251 e. The fraction of sp³-hybridized carbons (Fsp3) is 0.435. The van der Waals surface area contributed by atoms with Gasteiger partial charge in [0.25, 0.3) is 5.56 Å². The molecule has 5 heteroatoms. The fourth-order valence-electron chi connectivity index (χ4n) is 3.99. The lowest BCUT2D eigenvalue weighted by Crippen LogP contribution is -2.39. The zero-order valence-corrected chi connectivity index (χ0v) is 17.0. The Balaban J connectivity index is 2.46. The summed E-state index contributed by atoms with van der Waals surface area (Å²) in [5.41, 5.74) is 2.40. The van der Waals surface area contributed by atoms with Gasteiger partial charge in [-0.1, -0.05) is 46.6 Å². The van der Waals surface area contributed by atoms with Crippen LogP contribution in [0.25, 0.3) is 12.3 Å². The molecular weight excluding hydrogens is 352 g/mol. The second-order valence-corrected chi connectivity index (χ2v) is 7.41. The monoisotopic (exact) mass is 380 g/mol. The first-order valence-corrected chi connectivity index (χ1v) is 10.2. The minimum atomic E-state index is -0.295. The number of hydrogen-bond acceptors (Lipinski definition) is 4. The highest BCUT2D eigenvalue weighted by Gasteiger charge is 2.32. The first kappa shape index (κ1) is 20.1. The van der Waals surface area contributed by atoms with Crippen LogP contribution in [0.2, 0.25) is 0 Å². The van der Waals surface area contributed by atoms with E-state index >= 15 is 0 Å². The van der Waals surface area contributed by atoms with E-state index in [2.05, 4.69) is 18.5 Å². The quantitative estimate of drug-likeness (QED) is 0.801. The lowest BCUT2D eigenvalue weighted by atomic mass is 9.89. The number of aliphatic hydroxyl groups is 1. The Morgan fingerprint density at radius 2 is 1.71 bits per heavy atom. The molecule has 0 bridgehead atoms. The number of rotatable bonds is 7. The predicted molar refractivity (Wildman–Crippen MR) is 111 cm³/mol. The molecular formula is C23H28N2O3. The second kappa shape index (κ2) is 8.13. The number of aliphatic hydroxyl groups excluding tert-OH is 1. The van der Waals surface area contributed by atoms with Crippen molar-refractivity contribution in [1.29, 1.82) is 0 Å². The number of pyridine rings is 2. The highest BCUT2D eigenvalue weighted by Crippen LogP contribution is 2.26. The van der Waals surface area contributed by atoms with Crippen LogP contribution in [0.1, 0.15) is 79.3 Å². The van der Waals surface area contributed by atoms with Gasteiger partial charge in [-0.2, -0.15) is 0 Å². The molecule has 0 atom stereocenters. The summed E-state index contributed by atoms with van der Waals surface area (Å²) in [5, 5.41) is 12.3. The SMILES string of the molecule is C=c1cc(CCC)c2c(n1)C(=O)c1c(c(CCC)cc(=O)n1CCCC)C=2O. The molecule has 148 valence electrons. The molecule has 0 spiro atoms. The van der Waals surface area contributed by atoms with Gasteiger partial charge < -0.3 is 9.67 Å². The Kier molecular flexibility index (Phi) is 5.82. The number of aromatic nitrogens is 2. The zero-order chi connectivity index (χ0) is 20.4. The first-order chi connectivity index (χ1) is 13.4. The van der Waals surface area contributed by atoms with Gasteiger partial charge in [0.05, 0.1) is 10.6 Å². The Morgan fingerprint density at radius 1 is 1.04 bits per heavy atom. The van der Waals surface area contributed by atoms with Crippen LogP contribution < -0.4 is 16.1 Å². The van der Waals surface area contributed by atoms with Crippen molar-refractivity contribution in [1.82, 2.24) is 9.55 Å². The number of carbonyl (C=O) groups is 1. The molecule has 2 aromatic heterocycles. The van der Waals surface area contributed by atoms with Crippen LogP contribution in [0.15, 0.2) is 16.9 Å². The van der Waals surface area contributed by atoms with Gasteiger partial charge in [0.1, 0.15) is 17.1 Å². The number of hydrogen-bond donors (Lipinski definition) is 1. The van der Waals surface area contributed by atoms with Crippen molar-refractivity contribution in [3.8, 4) is 0 Å². The van der Waals surface area contributed by atoms with Gasteiger partial charge in [0.15, 0.2) is 0 Å². The Bertz CT molecular complexity index is 1100. The van der Waals surface area contributed by atoms with Gasteiger partial charge in [0.2, 0.25) is 5.78 Å². The molecule has 2 heterocycles. The third-order valence-electron chi connectivity index (χ3n) is 5.22. The van der Waals surface area contributed by atoms with Crippen LogP contribution in [0.5, 0.6) is 0 Å². The van der Waals surface area contributed by atoms with Crippen molar-refractivity contribution >= 4 is 18.1 Å². The third kappa shape index (κ3) is 3.30. The molecule has 1 N–H and O–H groups in total. The van der Waals surface area contributed by atoms with Crippen molar-refractivity contribution in [3.63, 3.8) is 0 Å². The van der Waals surface area contributed by atoms with E-state index in [0.717, 1.165) is 43.2 Å². The lowest BCUT2D eigenvalue weighted by molar-refractivity contribution is 0.102. The molecule has 0 saturated carbocycles. The molecule has 0 radical (unpaired) electrons. The van der Waals surface area contributed by atoms with Crippen LogP contribution in [-0.4, -0.2) is 20.4 Å². The largest absolute Gasteiger partial charge is 0.507 e. The molecule has 0 saturated heterocycles. The maximum absolute atomic E-state index is 13.5. The summed E-state index contributed by atoms with van der Waals surface area (Å²) in [7, 11) is 0. The molecule has 1 aliphatic rings. The molecule has 2 aromatic rings. The first-order valence-electron chi connectivity index (χ1n) is 10.2. The van der Waals surface area contributed by atoms with Crippen LogP contribution >= 0.6 is 0 Å². The average molecular weight is 380 g/mol. The average Bonchev–Trinajstić information content (AvgIpc) is 2.65. The summed E-state index contributed by atoms with van der Waals surface area (Å²) in [6.07, 6.45) is 4.73. The predicted octanol–water partition coefficient (Wildman–Crippen LogP) is 2.62. The Hall–Kier alpha value is -2.69. The maximum atomic E-state index is 13.5.